The van der Waals surface area contributed by atoms with Crippen LogP contribution >= 0.6 is 22.9 Å². The maximum absolute atomic E-state index is 12.2. The average Bonchev–Trinajstić information content (AvgIpc) is 2.99. The van der Waals surface area contributed by atoms with Crippen LogP contribution in [0.15, 0.2) is 28.9 Å². The molecule has 5 nitrogen and oxygen atoms in total. The van der Waals surface area contributed by atoms with E-state index in [0.29, 0.717) is 0 Å². The number of halogens is 1. The van der Waals surface area contributed by atoms with Gasteiger partial charge in [-0.2, -0.15) is 0 Å². The molecular weight excluding hydrogens is 318 g/mol. The van der Waals surface area contributed by atoms with E-state index in [-0.39, 0.29) is 22.1 Å². The minimum atomic E-state index is -3.70. The van der Waals surface area contributed by atoms with Gasteiger partial charge in [-0.25, -0.2) is 18.1 Å². The fourth-order valence-electron chi connectivity index (χ4n) is 1.67. The average molecular weight is 334 g/mol. The molecule has 0 radical (unpaired) electrons. The molecule has 0 unspecified atom stereocenters. The monoisotopic (exact) mass is 333 g/mol. The Labute approximate surface area is 127 Å². The van der Waals surface area contributed by atoms with Gasteiger partial charge in [0.15, 0.2) is 0 Å². The van der Waals surface area contributed by atoms with Gasteiger partial charge in [0.05, 0.1) is 6.33 Å². The van der Waals surface area contributed by atoms with Gasteiger partial charge in [-0.3, -0.25) is 0 Å². The molecule has 0 aromatic carbocycles. The maximum Gasteiger partial charge on any atom is 0.261 e. The molecule has 110 valence electrons. The molecule has 0 bridgehead atoms. The van der Waals surface area contributed by atoms with Crippen molar-refractivity contribution in [1.82, 2.24) is 14.3 Å². The first-order chi connectivity index (χ1) is 9.24. The number of imidazole rings is 1. The van der Waals surface area contributed by atoms with Crippen molar-refractivity contribution in [2.75, 3.05) is 6.54 Å². The molecule has 0 saturated carbocycles. The first-order valence-corrected chi connectivity index (χ1v) is 8.68. The molecule has 8 heteroatoms. The predicted octanol–water partition coefficient (Wildman–Crippen LogP) is 2.39. The van der Waals surface area contributed by atoms with E-state index >= 15 is 0 Å². The topological polar surface area (TPSA) is 64.0 Å². The van der Waals surface area contributed by atoms with Crippen LogP contribution in [0.3, 0.4) is 0 Å². The van der Waals surface area contributed by atoms with Crippen molar-refractivity contribution in [3.8, 4) is 0 Å². The smallest absolute Gasteiger partial charge is 0.261 e. The molecule has 2 heterocycles. The lowest BCUT2D eigenvalue weighted by atomic mass is 9.92. The second-order valence-corrected chi connectivity index (χ2v) is 8.13. The standard InChI is InChI=1S/C12H16ClN3O2S2/c1-12(2,9-5-4-6-19-9)7-15-20(17,18)11-10(13)16(3)8-14-11/h4-6,8,15H,7H2,1-3H3. The second-order valence-electron chi connectivity index (χ2n) is 5.14. The molecule has 0 aliphatic carbocycles. The summed E-state index contributed by atoms with van der Waals surface area (Å²) in [6.45, 7) is 4.26. The van der Waals surface area contributed by atoms with Crippen molar-refractivity contribution in [3.63, 3.8) is 0 Å². The number of aryl methyl sites for hydroxylation is 1. The summed E-state index contributed by atoms with van der Waals surface area (Å²) < 4.78 is 28.5. The van der Waals surface area contributed by atoms with Crippen LogP contribution in [0.1, 0.15) is 18.7 Å². The Morgan fingerprint density at radius 3 is 2.70 bits per heavy atom. The molecule has 0 fully saturated rings. The fraction of sp³-hybridized carbons (Fsp3) is 0.417. The van der Waals surface area contributed by atoms with Crippen LogP contribution in [0.5, 0.6) is 0 Å². The van der Waals surface area contributed by atoms with E-state index in [1.807, 2.05) is 31.4 Å². The number of hydrogen-bond donors (Lipinski definition) is 1. The third-order valence-electron chi connectivity index (χ3n) is 2.98. The molecule has 0 atom stereocenters. The van der Waals surface area contributed by atoms with E-state index in [1.54, 1.807) is 18.4 Å². The lowest BCUT2D eigenvalue weighted by Crippen LogP contribution is -2.36. The van der Waals surface area contributed by atoms with Crippen molar-refractivity contribution in [1.29, 1.82) is 0 Å². The van der Waals surface area contributed by atoms with Gasteiger partial charge in [-0.15, -0.1) is 11.3 Å². The highest BCUT2D eigenvalue weighted by Crippen LogP contribution is 2.27. The van der Waals surface area contributed by atoms with Crippen molar-refractivity contribution < 1.29 is 8.42 Å². The van der Waals surface area contributed by atoms with Crippen LogP contribution < -0.4 is 4.72 Å². The van der Waals surface area contributed by atoms with Gasteiger partial charge in [0.25, 0.3) is 10.0 Å². The van der Waals surface area contributed by atoms with E-state index in [4.69, 9.17) is 11.6 Å². The molecule has 0 aliphatic rings. The fourth-order valence-corrected chi connectivity index (χ4v) is 4.16. The molecular formula is C12H16ClN3O2S2. The van der Waals surface area contributed by atoms with Gasteiger partial charge < -0.3 is 4.57 Å². The lowest BCUT2D eigenvalue weighted by Gasteiger charge is -2.23. The van der Waals surface area contributed by atoms with Crippen molar-refractivity contribution in [2.45, 2.75) is 24.3 Å². The summed E-state index contributed by atoms with van der Waals surface area (Å²) >= 11 is 7.53. The van der Waals surface area contributed by atoms with Gasteiger partial charge in [0, 0.05) is 23.9 Å². The third kappa shape index (κ3) is 3.06. The zero-order chi connectivity index (χ0) is 15.0. The predicted molar refractivity (Wildman–Crippen MR) is 80.8 cm³/mol. The third-order valence-corrected chi connectivity index (χ3v) is 6.11. The summed E-state index contributed by atoms with van der Waals surface area (Å²) in [5.74, 6) is 0. The molecule has 2 aromatic rings. The number of sulfonamides is 1. The molecule has 0 amide bonds. The van der Waals surface area contributed by atoms with Gasteiger partial charge in [0.2, 0.25) is 5.03 Å². The molecule has 0 spiro atoms. The van der Waals surface area contributed by atoms with Crippen LogP contribution in [0.2, 0.25) is 5.15 Å². The summed E-state index contributed by atoms with van der Waals surface area (Å²) in [4.78, 5) is 4.95. The molecule has 20 heavy (non-hydrogen) atoms. The highest BCUT2D eigenvalue weighted by Gasteiger charge is 2.27. The largest absolute Gasteiger partial charge is 0.324 e. The lowest BCUT2D eigenvalue weighted by molar-refractivity contribution is 0.508. The Kier molecular flexibility index (Phi) is 4.24. The first kappa shape index (κ1) is 15.5. The van der Waals surface area contributed by atoms with Crippen LogP contribution in [-0.2, 0) is 22.5 Å². The van der Waals surface area contributed by atoms with Crippen LogP contribution in [-0.4, -0.2) is 24.5 Å². The highest BCUT2D eigenvalue weighted by molar-refractivity contribution is 7.89. The summed E-state index contributed by atoms with van der Waals surface area (Å²) in [5.41, 5.74) is -0.289. The molecule has 1 N–H and O–H groups in total. The summed E-state index contributed by atoms with van der Waals surface area (Å²) in [5, 5.41) is 1.94. The van der Waals surface area contributed by atoms with E-state index in [9.17, 15) is 8.42 Å². The molecule has 0 aliphatic heterocycles. The second kappa shape index (κ2) is 5.48. The zero-order valence-electron chi connectivity index (χ0n) is 11.4. The van der Waals surface area contributed by atoms with Crippen LogP contribution in [0.25, 0.3) is 0 Å². The van der Waals surface area contributed by atoms with E-state index in [2.05, 4.69) is 9.71 Å². The Morgan fingerprint density at radius 1 is 1.50 bits per heavy atom. The quantitative estimate of drug-likeness (QED) is 0.913. The van der Waals surface area contributed by atoms with Gasteiger partial charge >= 0.3 is 0 Å². The number of thiophene rings is 1. The summed E-state index contributed by atoms with van der Waals surface area (Å²) in [6.07, 6.45) is 1.38. The molecule has 2 rings (SSSR count). The number of nitrogens with one attached hydrogen (secondary N) is 1. The minimum Gasteiger partial charge on any atom is -0.324 e. The van der Waals surface area contributed by atoms with Gasteiger partial charge in [0.1, 0.15) is 5.15 Å². The Hall–Kier alpha value is -0.890. The Bertz CT molecular complexity index is 690. The number of hydrogen-bond acceptors (Lipinski definition) is 4. The summed E-state index contributed by atoms with van der Waals surface area (Å²) in [6, 6.07) is 3.94. The normalized spacial score (nSPS) is 12.8. The summed E-state index contributed by atoms with van der Waals surface area (Å²) in [7, 11) is -2.06. The van der Waals surface area contributed by atoms with Crippen LogP contribution in [0, 0.1) is 0 Å². The van der Waals surface area contributed by atoms with Crippen molar-refractivity contribution in [2.24, 2.45) is 7.05 Å². The Balaban J connectivity index is 2.16. The number of aromatic nitrogens is 2. The Morgan fingerprint density at radius 2 is 2.20 bits per heavy atom. The van der Waals surface area contributed by atoms with E-state index in [1.165, 1.54) is 10.9 Å². The number of rotatable bonds is 5. The highest BCUT2D eigenvalue weighted by atomic mass is 35.5. The first-order valence-electron chi connectivity index (χ1n) is 5.94. The zero-order valence-corrected chi connectivity index (χ0v) is 13.8. The van der Waals surface area contributed by atoms with Crippen LogP contribution in [0.4, 0.5) is 0 Å². The van der Waals surface area contributed by atoms with Crippen molar-refractivity contribution >= 4 is 33.0 Å². The van der Waals surface area contributed by atoms with Gasteiger partial charge in [-0.05, 0) is 11.4 Å². The maximum atomic E-state index is 12.2. The van der Waals surface area contributed by atoms with Gasteiger partial charge in [-0.1, -0.05) is 31.5 Å². The minimum absolute atomic E-state index is 0.103. The van der Waals surface area contributed by atoms with Crippen molar-refractivity contribution in [3.05, 3.63) is 33.9 Å². The number of nitrogens with zero attached hydrogens (tertiary/aromatic N) is 2. The molecule has 2 aromatic heterocycles. The van der Waals surface area contributed by atoms with E-state index < -0.39 is 10.0 Å². The van der Waals surface area contributed by atoms with E-state index in [0.717, 1.165) is 4.88 Å². The SMILES string of the molecule is Cn1cnc(S(=O)(=O)NCC(C)(C)c2cccs2)c1Cl. The molecule has 0 saturated heterocycles.